The smallest absolute Gasteiger partial charge is 0.266 e. The van der Waals surface area contributed by atoms with E-state index < -0.39 is 15.9 Å². The van der Waals surface area contributed by atoms with Crippen LogP contribution in [0.1, 0.15) is 21.5 Å². The predicted molar refractivity (Wildman–Crippen MR) is 93.4 cm³/mol. The normalized spacial score (nSPS) is 13.1. The van der Waals surface area contributed by atoms with Gasteiger partial charge >= 0.3 is 0 Å². The summed E-state index contributed by atoms with van der Waals surface area (Å²) in [6, 6.07) is 12.1. The van der Waals surface area contributed by atoms with Crippen LogP contribution in [0.4, 0.5) is 0 Å². The lowest BCUT2D eigenvalue weighted by atomic mass is 10.1. The highest BCUT2D eigenvalue weighted by Gasteiger charge is 2.23. The number of aryl methyl sites for hydroxylation is 2. The predicted octanol–water partition coefficient (Wildman–Crippen LogP) is 1.96. The zero-order chi connectivity index (χ0) is 17.4. The molecule has 2 aromatic carbocycles. The van der Waals surface area contributed by atoms with Crippen molar-refractivity contribution in [2.75, 3.05) is 0 Å². The Morgan fingerprint density at radius 2 is 1.68 bits per heavy atom. The molecule has 0 atom stereocenters. The number of carbonyl (C=O) groups excluding carboxylic acids is 1. The fourth-order valence-electron chi connectivity index (χ4n) is 3.20. The highest BCUT2D eigenvalue weighted by Crippen LogP contribution is 2.34. The topological polar surface area (TPSA) is 88.2 Å². The van der Waals surface area contributed by atoms with Gasteiger partial charge in [-0.05, 0) is 47.6 Å². The maximum atomic E-state index is 12.7. The Labute approximate surface area is 144 Å². The Morgan fingerprint density at radius 1 is 0.960 bits per heavy atom. The molecule has 1 amide bonds. The molecule has 0 fully saturated rings. The van der Waals surface area contributed by atoms with Gasteiger partial charge in [0.05, 0.1) is 4.90 Å². The third kappa shape index (κ3) is 2.77. The summed E-state index contributed by atoms with van der Waals surface area (Å²) in [5.74, 6) is -0.545. The van der Waals surface area contributed by atoms with Crippen molar-refractivity contribution in [2.45, 2.75) is 17.7 Å². The van der Waals surface area contributed by atoms with Crippen LogP contribution in [0.25, 0.3) is 10.8 Å². The van der Waals surface area contributed by atoms with Crippen molar-refractivity contribution in [3.8, 4) is 0 Å². The Morgan fingerprint density at radius 3 is 2.44 bits per heavy atom. The molecule has 1 aromatic heterocycles. The zero-order valence-corrected chi connectivity index (χ0v) is 14.0. The first-order valence-corrected chi connectivity index (χ1v) is 9.30. The second-order valence-electron chi connectivity index (χ2n) is 5.86. The van der Waals surface area contributed by atoms with Gasteiger partial charge in [0, 0.05) is 23.3 Å². The van der Waals surface area contributed by atoms with Crippen LogP contribution >= 0.6 is 0 Å². The number of hydrogen-bond acceptors (Lipinski definition) is 4. The van der Waals surface area contributed by atoms with E-state index in [1.807, 2.05) is 18.2 Å². The van der Waals surface area contributed by atoms with Crippen LogP contribution < -0.4 is 10.3 Å². The number of amides is 1. The van der Waals surface area contributed by atoms with Gasteiger partial charge in [-0.3, -0.25) is 15.2 Å². The summed E-state index contributed by atoms with van der Waals surface area (Å²) in [6.45, 7) is 0. The van der Waals surface area contributed by atoms with Crippen molar-refractivity contribution < 1.29 is 13.2 Å². The molecule has 3 aromatic rings. The summed E-state index contributed by atoms with van der Waals surface area (Å²) in [5, 5.41) is 1.68. The van der Waals surface area contributed by atoms with Crippen molar-refractivity contribution in [1.29, 1.82) is 0 Å². The van der Waals surface area contributed by atoms with Gasteiger partial charge in [0.1, 0.15) is 0 Å². The molecular formula is C18H15N3O3S. The summed E-state index contributed by atoms with van der Waals surface area (Å²) < 4.78 is 25.4. The van der Waals surface area contributed by atoms with Crippen LogP contribution in [0, 0.1) is 0 Å². The molecule has 126 valence electrons. The van der Waals surface area contributed by atoms with Gasteiger partial charge in [-0.1, -0.05) is 24.3 Å². The molecule has 0 bridgehead atoms. The molecular weight excluding hydrogens is 338 g/mol. The van der Waals surface area contributed by atoms with Crippen LogP contribution in [0.5, 0.6) is 0 Å². The summed E-state index contributed by atoms with van der Waals surface area (Å²) >= 11 is 0. The zero-order valence-electron chi connectivity index (χ0n) is 13.2. The highest BCUT2D eigenvalue weighted by atomic mass is 32.2. The number of rotatable bonds is 4. The van der Waals surface area contributed by atoms with Gasteiger partial charge in [0.15, 0.2) is 0 Å². The summed E-state index contributed by atoms with van der Waals surface area (Å²) in [4.78, 5) is 18.2. The molecule has 6 nitrogen and oxygen atoms in total. The fourth-order valence-corrected chi connectivity index (χ4v) is 4.24. The first-order chi connectivity index (χ1) is 12.1. The number of benzene rings is 2. The van der Waals surface area contributed by atoms with E-state index >= 15 is 0 Å². The van der Waals surface area contributed by atoms with E-state index in [9.17, 15) is 13.2 Å². The molecule has 4 rings (SSSR count). The van der Waals surface area contributed by atoms with E-state index in [2.05, 4.69) is 15.2 Å². The number of hydrazine groups is 1. The first kappa shape index (κ1) is 15.7. The molecule has 0 aliphatic heterocycles. The molecule has 1 aliphatic rings. The summed E-state index contributed by atoms with van der Waals surface area (Å²) in [5.41, 5.74) is 4.88. The first-order valence-electron chi connectivity index (χ1n) is 7.82. The van der Waals surface area contributed by atoms with Crippen LogP contribution in [-0.4, -0.2) is 19.3 Å². The molecule has 1 heterocycles. The van der Waals surface area contributed by atoms with Crippen LogP contribution in [0.2, 0.25) is 0 Å². The summed E-state index contributed by atoms with van der Waals surface area (Å²) in [7, 11) is -3.89. The van der Waals surface area contributed by atoms with E-state index in [-0.39, 0.29) is 4.90 Å². The average molecular weight is 353 g/mol. The monoisotopic (exact) mass is 353 g/mol. The number of sulfonamides is 1. The minimum atomic E-state index is -3.89. The number of carbonyl (C=O) groups is 1. The lowest BCUT2D eigenvalue weighted by Crippen LogP contribution is -2.41. The number of hydrogen-bond donors (Lipinski definition) is 2. The lowest BCUT2D eigenvalue weighted by molar-refractivity contribution is 0.0945. The van der Waals surface area contributed by atoms with Crippen molar-refractivity contribution in [3.63, 3.8) is 0 Å². The lowest BCUT2D eigenvalue weighted by Gasteiger charge is -2.12. The second-order valence-corrected chi connectivity index (χ2v) is 7.51. The standard InChI is InChI=1S/C18H15N3O3S/c22-18(14-8-10-19-11-9-14)20-21-25(23,24)16-7-6-13-5-4-12-2-1-3-15(16)17(12)13/h1-3,6-11,21H,4-5H2,(H,20,22). The van der Waals surface area contributed by atoms with Crippen molar-refractivity contribution in [1.82, 2.24) is 15.2 Å². The van der Waals surface area contributed by atoms with Gasteiger partial charge in [-0.2, -0.15) is 0 Å². The van der Waals surface area contributed by atoms with E-state index in [1.54, 1.807) is 12.1 Å². The maximum absolute atomic E-state index is 12.7. The van der Waals surface area contributed by atoms with Crippen LogP contribution in [0.15, 0.2) is 59.8 Å². The molecule has 0 radical (unpaired) electrons. The van der Waals surface area contributed by atoms with Gasteiger partial charge in [0.25, 0.3) is 15.9 Å². The van der Waals surface area contributed by atoms with Gasteiger partial charge < -0.3 is 0 Å². The minimum absolute atomic E-state index is 0.157. The number of nitrogens with zero attached hydrogens (tertiary/aromatic N) is 1. The Hall–Kier alpha value is -2.77. The minimum Gasteiger partial charge on any atom is -0.273 e. The van der Waals surface area contributed by atoms with Crippen molar-refractivity contribution in [3.05, 3.63) is 71.5 Å². The Kier molecular flexibility index (Phi) is 3.74. The Balaban J connectivity index is 1.66. The molecule has 25 heavy (non-hydrogen) atoms. The van der Waals surface area contributed by atoms with Gasteiger partial charge in [-0.25, -0.2) is 8.42 Å². The largest absolute Gasteiger partial charge is 0.273 e. The molecule has 7 heteroatoms. The van der Waals surface area contributed by atoms with E-state index in [0.717, 1.165) is 29.4 Å². The fraction of sp³-hybridized carbons (Fsp3) is 0.111. The molecule has 0 saturated heterocycles. The van der Waals surface area contributed by atoms with E-state index in [1.165, 1.54) is 24.5 Å². The molecule has 1 aliphatic carbocycles. The van der Waals surface area contributed by atoms with Gasteiger partial charge in [-0.15, -0.1) is 4.83 Å². The SMILES string of the molecule is O=C(NNS(=O)(=O)c1ccc2c3c(cccc13)CC2)c1ccncc1. The van der Waals surface area contributed by atoms with Crippen LogP contribution in [-0.2, 0) is 22.9 Å². The summed E-state index contributed by atoms with van der Waals surface area (Å²) in [6.07, 6.45) is 4.77. The van der Waals surface area contributed by atoms with Gasteiger partial charge in [0.2, 0.25) is 0 Å². The maximum Gasteiger partial charge on any atom is 0.266 e. The molecule has 2 N–H and O–H groups in total. The molecule has 0 spiro atoms. The number of aromatic nitrogens is 1. The third-order valence-electron chi connectivity index (χ3n) is 4.37. The average Bonchev–Trinajstić information content (AvgIpc) is 3.06. The molecule has 0 saturated carbocycles. The quantitative estimate of drug-likeness (QED) is 0.702. The number of nitrogens with one attached hydrogen (secondary N) is 2. The van der Waals surface area contributed by atoms with Crippen LogP contribution in [0.3, 0.4) is 0 Å². The van der Waals surface area contributed by atoms with E-state index in [4.69, 9.17) is 0 Å². The third-order valence-corrected chi connectivity index (χ3v) is 5.67. The molecule has 0 unspecified atom stereocenters. The second kappa shape index (κ2) is 5.94. The van der Waals surface area contributed by atoms with Crippen molar-refractivity contribution in [2.24, 2.45) is 0 Å². The number of pyridine rings is 1. The van der Waals surface area contributed by atoms with E-state index in [0.29, 0.717) is 10.9 Å². The Bertz CT molecular complexity index is 1070. The highest BCUT2D eigenvalue weighted by molar-refractivity contribution is 7.89. The van der Waals surface area contributed by atoms with Crippen molar-refractivity contribution >= 4 is 26.7 Å².